The molecule has 6 nitrogen and oxygen atoms in total. The van der Waals surface area contributed by atoms with Gasteiger partial charge in [-0.15, -0.1) is 0 Å². The van der Waals surface area contributed by atoms with Gasteiger partial charge in [-0.1, -0.05) is 6.08 Å². The molecule has 0 aliphatic carbocycles. The Morgan fingerprint density at radius 3 is 2.51 bits per heavy atom. The molecule has 35 heavy (non-hydrogen) atoms. The third-order valence-electron chi connectivity index (χ3n) is 5.17. The zero-order chi connectivity index (χ0) is 25.2. The zero-order valence-electron chi connectivity index (χ0n) is 18.8. The lowest BCUT2D eigenvalue weighted by molar-refractivity contribution is -0.137. The number of benzene rings is 1. The molecule has 1 amide bonds. The summed E-state index contributed by atoms with van der Waals surface area (Å²) in [5.41, 5.74) is 1.56. The number of aromatic nitrogens is 3. The first-order chi connectivity index (χ1) is 16.6. The minimum Gasteiger partial charge on any atom is -0.346 e. The molecule has 0 bridgehead atoms. The second-order valence-corrected chi connectivity index (χ2v) is 8.14. The number of amides is 1. The number of carbonyl (C=O) groups excluding carboxylic acids is 1. The van der Waals surface area contributed by atoms with Crippen LogP contribution in [0.5, 0.6) is 0 Å². The summed E-state index contributed by atoms with van der Waals surface area (Å²) in [6.45, 7) is 0.509. The normalized spacial score (nSPS) is 12.1. The fourth-order valence-corrected chi connectivity index (χ4v) is 3.52. The molecule has 4 rings (SSSR count). The number of aromatic amines is 1. The van der Waals surface area contributed by atoms with Crippen LogP contribution in [0.2, 0.25) is 0 Å². The van der Waals surface area contributed by atoms with Crippen LogP contribution in [0.4, 0.5) is 23.2 Å². The highest BCUT2D eigenvalue weighted by molar-refractivity contribution is 6.00. The number of hydrogen-bond donors (Lipinski definition) is 2. The average Bonchev–Trinajstić information content (AvgIpc) is 3.22. The van der Waals surface area contributed by atoms with Crippen LogP contribution in [0.3, 0.4) is 0 Å². The van der Waals surface area contributed by atoms with Crippen molar-refractivity contribution < 1.29 is 22.4 Å². The average molecular weight is 483 g/mol. The molecular weight excluding hydrogens is 462 g/mol. The van der Waals surface area contributed by atoms with Crippen molar-refractivity contribution in [2.75, 3.05) is 26.0 Å². The second-order valence-electron chi connectivity index (χ2n) is 8.14. The van der Waals surface area contributed by atoms with Gasteiger partial charge in [-0.2, -0.15) is 17.6 Å². The Morgan fingerprint density at radius 2 is 1.83 bits per heavy atom. The van der Waals surface area contributed by atoms with Gasteiger partial charge in [-0.3, -0.25) is 4.79 Å². The van der Waals surface area contributed by atoms with Crippen molar-refractivity contribution in [2.24, 2.45) is 0 Å². The van der Waals surface area contributed by atoms with Crippen LogP contribution >= 0.6 is 0 Å². The number of rotatable bonds is 6. The van der Waals surface area contributed by atoms with Crippen LogP contribution in [0, 0.1) is 5.95 Å². The van der Waals surface area contributed by atoms with Crippen LogP contribution in [0.15, 0.2) is 67.1 Å². The van der Waals surface area contributed by atoms with Gasteiger partial charge in [0.05, 0.1) is 5.56 Å². The number of hydrogen-bond acceptors (Lipinski definition) is 4. The number of alkyl halides is 3. The molecule has 0 saturated carbocycles. The predicted molar refractivity (Wildman–Crippen MR) is 126 cm³/mol. The summed E-state index contributed by atoms with van der Waals surface area (Å²) in [7, 11) is 3.66. The lowest BCUT2D eigenvalue weighted by Gasteiger charge is -2.13. The molecule has 0 spiro atoms. The number of carbonyl (C=O) groups is 1. The van der Waals surface area contributed by atoms with E-state index in [0.29, 0.717) is 34.3 Å². The SMILES string of the molecule is CN(C)CC=CC(=O)Nc1cc(-c2cnc3[nH]cc(-c4ccc(F)nc4)c3c2)cc(C(F)(F)F)c1. The number of anilines is 1. The van der Waals surface area contributed by atoms with Crippen LogP contribution in [0.1, 0.15) is 5.56 Å². The van der Waals surface area contributed by atoms with Crippen molar-refractivity contribution in [3.05, 3.63) is 78.7 Å². The molecule has 0 saturated heterocycles. The molecule has 3 heterocycles. The summed E-state index contributed by atoms with van der Waals surface area (Å²) in [6.07, 6.45) is 2.76. The van der Waals surface area contributed by atoms with Gasteiger partial charge < -0.3 is 15.2 Å². The first-order valence-corrected chi connectivity index (χ1v) is 10.5. The third kappa shape index (κ3) is 5.72. The van der Waals surface area contributed by atoms with Crippen LogP contribution < -0.4 is 5.32 Å². The smallest absolute Gasteiger partial charge is 0.346 e. The molecule has 1 aromatic carbocycles. The van der Waals surface area contributed by atoms with Crippen LogP contribution in [-0.4, -0.2) is 46.4 Å². The highest BCUT2D eigenvalue weighted by Crippen LogP contribution is 2.36. The third-order valence-corrected chi connectivity index (χ3v) is 5.17. The van der Waals surface area contributed by atoms with Gasteiger partial charge in [0.2, 0.25) is 11.9 Å². The van der Waals surface area contributed by atoms with E-state index in [4.69, 9.17) is 0 Å². The van der Waals surface area contributed by atoms with E-state index in [-0.39, 0.29) is 11.3 Å². The van der Waals surface area contributed by atoms with Gasteiger partial charge in [0.1, 0.15) is 5.65 Å². The Balaban J connectivity index is 1.74. The minimum absolute atomic E-state index is 0.00597. The molecule has 0 aliphatic rings. The number of likely N-dealkylation sites (N-methyl/N-ethyl adjacent to an activating group) is 1. The Morgan fingerprint density at radius 1 is 1.06 bits per heavy atom. The largest absolute Gasteiger partial charge is 0.416 e. The molecule has 0 radical (unpaired) electrons. The van der Waals surface area contributed by atoms with E-state index in [9.17, 15) is 22.4 Å². The van der Waals surface area contributed by atoms with Gasteiger partial charge in [0, 0.05) is 59.0 Å². The fraction of sp³-hybridized carbons (Fsp3) is 0.160. The molecule has 180 valence electrons. The van der Waals surface area contributed by atoms with Gasteiger partial charge in [-0.25, -0.2) is 9.97 Å². The summed E-state index contributed by atoms with van der Waals surface area (Å²) in [5, 5.41) is 3.13. The molecule has 4 aromatic rings. The van der Waals surface area contributed by atoms with E-state index in [1.54, 1.807) is 24.4 Å². The number of H-pyrrole nitrogens is 1. The molecule has 3 aromatic heterocycles. The summed E-state index contributed by atoms with van der Waals surface area (Å²) in [4.78, 5) is 25.0. The Bertz CT molecular complexity index is 1390. The number of nitrogens with one attached hydrogen (secondary N) is 2. The van der Waals surface area contributed by atoms with Crippen molar-refractivity contribution in [3.63, 3.8) is 0 Å². The van der Waals surface area contributed by atoms with Crippen molar-refractivity contribution >= 4 is 22.6 Å². The topological polar surface area (TPSA) is 73.9 Å². The highest BCUT2D eigenvalue weighted by atomic mass is 19.4. The summed E-state index contributed by atoms with van der Waals surface area (Å²) >= 11 is 0. The van der Waals surface area contributed by atoms with Crippen molar-refractivity contribution in [1.29, 1.82) is 0 Å². The number of nitrogens with zero attached hydrogens (tertiary/aromatic N) is 3. The van der Waals surface area contributed by atoms with E-state index in [2.05, 4.69) is 20.3 Å². The molecular formula is C25H21F4N5O. The van der Waals surface area contributed by atoms with E-state index < -0.39 is 23.6 Å². The fourth-order valence-electron chi connectivity index (χ4n) is 3.52. The number of halogens is 4. The molecule has 0 fully saturated rings. The van der Waals surface area contributed by atoms with Crippen molar-refractivity contribution in [2.45, 2.75) is 6.18 Å². The quantitative estimate of drug-likeness (QED) is 0.216. The molecule has 0 atom stereocenters. The van der Waals surface area contributed by atoms with Gasteiger partial charge in [0.15, 0.2) is 0 Å². The van der Waals surface area contributed by atoms with E-state index >= 15 is 0 Å². The van der Waals surface area contributed by atoms with Crippen molar-refractivity contribution in [3.8, 4) is 22.3 Å². The first kappa shape index (κ1) is 24.1. The van der Waals surface area contributed by atoms with Crippen LogP contribution in [0.25, 0.3) is 33.3 Å². The van der Waals surface area contributed by atoms with E-state index in [1.807, 2.05) is 19.0 Å². The molecule has 0 unspecified atom stereocenters. The highest BCUT2D eigenvalue weighted by Gasteiger charge is 2.31. The second kappa shape index (κ2) is 9.67. The Labute approximate surface area is 198 Å². The zero-order valence-corrected chi connectivity index (χ0v) is 18.8. The minimum atomic E-state index is -4.62. The van der Waals surface area contributed by atoms with E-state index in [0.717, 1.165) is 12.1 Å². The van der Waals surface area contributed by atoms with Crippen LogP contribution in [-0.2, 0) is 11.0 Å². The Hall–Kier alpha value is -4.05. The monoisotopic (exact) mass is 483 g/mol. The molecule has 0 aliphatic heterocycles. The maximum absolute atomic E-state index is 13.6. The van der Waals surface area contributed by atoms with Gasteiger partial charge >= 0.3 is 6.18 Å². The Kier molecular flexibility index (Phi) is 6.65. The predicted octanol–water partition coefficient (Wildman–Crippen LogP) is 5.51. The van der Waals surface area contributed by atoms with E-state index in [1.165, 1.54) is 30.6 Å². The maximum Gasteiger partial charge on any atom is 0.416 e. The summed E-state index contributed by atoms with van der Waals surface area (Å²) < 4.78 is 54.1. The van der Waals surface area contributed by atoms with Gasteiger partial charge in [0.25, 0.3) is 0 Å². The number of pyridine rings is 2. The van der Waals surface area contributed by atoms with Gasteiger partial charge in [-0.05, 0) is 56.1 Å². The number of fused-ring (bicyclic) bond motifs is 1. The molecule has 10 heteroatoms. The summed E-state index contributed by atoms with van der Waals surface area (Å²) in [6, 6.07) is 7.82. The first-order valence-electron chi connectivity index (χ1n) is 10.5. The lowest BCUT2D eigenvalue weighted by Crippen LogP contribution is -2.13. The summed E-state index contributed by atoms with van der Waals surface area (Å²) in [5.74, 6) is -1.16. The van der Waals surface area contributed by atoms with Crippen molar-refractivity contribution in [1.82, 2.24) is 19.9 Å². The lowest BCUT2D eigenvalue weighted by atomic mass is 10.0. The maximum atomic E-state index is 13.6. The molecule has 2 N–H and O–H groups in total. The standard InChI is InChI=1S/C25H21F4N5O/c1-34(2)7-3-4-23(35)33-19-9-16(8-18(11-19)25(27,28)29)17-10-20-21(14-32-24(20)31-13-17)15-5-6-22(26)30-12-15/h3-6,8-14H,7H2,1-2H3,(H,31,32)(H,33,35).